The molecule has 17 heavy (non-hydrogen) atoms. The van der Waals surface area contributed by atoms with Gasteiger partial charge < -0.3 is 9.84 Å². The number of pyridine rings is 1. The van der Waals surface area contributed by atoms with Gasteiger partial charge in [-0.3, -0.25) is 4.98 Å². The summed E-state index contributed by atoms with van der Waals surface area (Å²) in [5.74, 6) is 1.11. The Hall–Kier alpha value is -1.10. The van der Waals surface area contributed by atoms with E-state index >= 15 is 0 Å². The second kappa shape index (κ2) is 5.49. The first-order valence-corrected chi connectivity index (χ1v) is 6.04. The normalized spacial score (nSPS) is 10.3. The fourth-order valence-electron chi connectivity index (χ4n) is 1.33. The van der Waals surface area contributed by atoms with Crippen LogP contribution in [0.4, 0.5) is 0 Å². The smallest absolute Gasteiger partial charge is 0.146 e. The molecule has 0 radical (unpaired) electrons. The average Bonchev–Trinajstić information content (AvgIpc) is 2.29. The maximum absolute atomic E-state index is 9.19. The standard InChI is InChI=1S/C12H9BrClNO2/c13-9-3-11(6-15-5-9)17-12-4-10(14)2-1-8(12)7-16/h1-6,16H,7H2. The number of hydrogen-bond acceptors (Lipinski definition) is 3. The van der Waals surface area contributed by atoms with Crippen molar-refractivity contribution in [2.45, 2.75) is 6.61 Å². The number of hydrogen-bond donors (Lipinski definition) is 1. The zero-order valence-electron chi connectivity index (χ0n) is 8.73. The summed E-state index contributed by atoms with van der Waals surface area (Å²) in [6, 6.07) is 6.88. The van der Waals surface area contributed by atoms with Gasteiger partial charge in [-0.05, 0) is 34.1 Å². The van der Waals surface area contributed by atoms with Crippen LogP contribution < -0.4 is 4.74 Å². The van der Waals surface area contributed by atoms with Crippen LogP contribution in [0.2, 0.25) is 5.02 Å². The summed E-state index contributed by atoms with van der Waals surface area (Å²) >= 11 is 9.19. The summed E-state index contributed by atoms with van der Waals surface area (Å²) in [6.07, 6.45) is 3.25. The van der Waals surface area contributed by atoms with E-state index in [9.17, 15) is 5.11 Å². The van der Waals surface area contributed by atoms with Crippen LogP contribution in [-0.4, -0.2) is 10.1 Å². The first kappa shape index (κ1) is 12.4. The quantitative estimate of drug-likeness (QED) is 0.937. The van der Waals surface area contributed by atoms with E-state index < -0.39 is 0 Å². The molecule has 1 aromatic carbocycles. The highest BCUT2D eigenvalue weighted by atomic mass is 79.9. The van der Waals surface area contributed by atoms with E-state index in [2.05, 4.69) is 20.9 Å². The van der Waals surface area contributed by atoms with Gasteiger partial charge in [-0.2, -0.15) is 0 Å². The maximum Gasteiger partial charge on any atom is 0.146 e. The van der Waals surface area contributed by atoms with E-state index in [1.165, 1.54) is 0 Å². The Labute approximate surface area is 112 Å². The average molecular weight is 315 g/mol. The number of aliphatic hydroxyl groups excluding tert-OH is 1. The highest BCUT2D eigenvalue weighted by Gasteiger charge is 2.06. The Morgan fingerprint density at radius 1 is 1.29 bits per heavy atom. The highest BCUT2D eigenvalue weighted by molar-refractivity contribution is 9.10. The Kier molecular flexibility index (Phi) is 3.99. The molecule has 0 spiro atoms. The maximum atomic E-state index is 9.19. The van der Waals surface area contributed by atoms with Gasteiger partial charge >= 0.3 is 0 Å². The fourth-order valence-corrected chi connectivity index (χ4v) is 1.84. The molecule has 0 fully saturated rings. The lowest BCUT2D eigenvalue weighted by Gasteiger charge is -2.09. The summed E-state index contributed by atoms with van der Waals surface area (Å²) in [4.78, 5) is 3.99. The lowest BCUT2D eigenvalue weighted by molar-refractivity contribution is 0.276. The van der Waals surface area contributed by atoms with Crippen molar-refractivity contribution in [2.24, 2.45) is 0 Å². The Bertz CT molecular complexity index is 534. The first-order chi connectivity index (χ1) is 8.19. The third kappa shape index (κ3) is 3.19. The predicted octanol–water partition coefficient (Wildman–Crippen LogP) is 3.78. The van der Waals surface area contributed by atoms with Crippen LogP contribution >= 0.6 is 27.5 Å². The van der Waals surface area contributed by atoms with Crippen LogP contribution in [0.3, 0.4) is 0 Å². The van der Waals surface area contributed by atoms with Crippen LogP contribution in [0.1, 0.15) is 5.56 Å². The molecule has 1 aromatic heterocycles. The second-order valence-electron chi connectivity index (χ2n) is 3.35. The number of ether oxygens (including phenoxy) is 1. The van der Waals surface area contributed by atoms with Crippen molar-refractivity contribution in [2.75, 3.05) is 0 Å². The molecule has 0 unspecified atom stereocenters. The van der Waals surface area contributed by atoms with Gasteiger partial charge in [0.2, 0.25) is 0 Å². The molecule has 0 aliphatic rings. The van der Waals surface area contributed by atoms with Gasteiger partial charge in [-0.1, -0.05) is 17.7 Å². The van der Waals surface area contributed by atoms with Crippen molar-refractivity contribution in [1.29, 1.82) is 0 Å². The van der Waals surface area contributed by atoms with Crippen molar-refractivity contribution >= 4 is 27.5 Å². The van der Waals surface area contributed by atoms with Gasteiger partial charge in [0.15, 0.2) is 0 Å². The molecule has 5 heteroatoms. The molecule has 0 aliphatic heterocycles. The fraction of sp³-hybridized carbons (Fsp3) is 0.0833. The van der Waals surface area contributed by atoms with E-state index in [0.29, 0.717) is 22.1 Å². The summed E-state index contributed by atoms with van der Waals surface area (Å²) in [7, 11) is 0. The van der Waals surface area contributed by atoms with Gasteiger partial charge in [0.25, 0.3) is 0 Å². The van der Waals surface area contributed by atoms with Crippen molar-refractivity contribution < 1.29 is 9.84 Å². The second-order valence-corrected chi connectivity index (χ2v) is 4.70. The van der Waals surface area contributed by atoms with Crippen molar-refractivity contribution in [3.05, 3.63) is 51.7 Å². The Morgan fingerprint density at radius 2 is 2.12 bits per heavy atom. The zero-order chi connectivity index (χ0) is 12.3. The molecule has 2 aromatic rings. The highest BCUT2D eigenvalue weighted by Crippen LogP contribution is 2.29. The number of aliphatic hydroxyl groups is 1. The monoisotopic (exact) mass is 313 g/mol. The summed E-state index contributed by atoms with van der Waals surface area (Å²) in [5, 5.41) is 9.75. The third-order valence-electron chi connectivity index (χ3n) is 2.11. The lowest BCUT2D eigenvalue weighted by atomic mass is 10.2. The van der Waals surface area contributed by atoms with Gasteiger partial charge in [0, 0.05) is 21.3 Å². The van der Waals surface area contributed by atoms with Crippen LogP contribution in [0.5, 0.6) is 11.5 Å². The van der Waals surface area contributed by atoms with Crippen LogP contribution in [0.25, 0.3) is 0 Å². The minimum absolute atomic E-state index is 0.103. The SMILES string of the molecule is OCc1ccc(Cl)cc1Oc1cncc(Br)c1. The van der Waals surface area contributed by atoms with Crippen molar-refractivity contribution in [3.8, 4) is 11.5 Å². The molecule has 0 atom stereocenters. The van der Waals surface area contributed by atoms with E-state index in [0.717, 1.165) is 4.47 Å². The van der Waals surface area contributed by atoms with Gasteiger partial charge in [0.05, 0.1) is 12.8 Å². The zero-order valence-corrected chi connectivity index (χ0v) is 11.1. The largest absolute Gasteiger partial charge is 0.455 e. The number of aromatic nitrogens is 1. The van der Waals surface area contributed by atoms with E-state index in [-0.39, 0.29) is 6.61 Å². The summed E-state index contributed by atoms with van der Waals surface area (Å²) in [6.45, 7) is -0.103. The number of nitrogens with zero attached hydrogens (tertiary/aromatic N) is 1. The van der Waals surface area contributed by atoms with Crippen molar-refractivity contribution in [3.63, 3.8) is 0 Å². The summed E-state index contributed by atoms with van der Waals surface area (Å²) < 4.78 is 6.45. The molecular formula is C12H9BrClNO2. The molecule has 0 amide bonds. The topological polar surface area (TPSA) is 42.4 Å². The Balaban J connectivity index is 2.32. The minimum atomic E-state index is -0.103. The van der Waals surface area contributed by atoms with Gasteiger partial charge in [-0.25, -0.2) is 0 Å². The molecule has 0 saturated heterocycles. The molecule has 3 nitrogen and oxygen atoms in total. The number of halogens is 2. The van der Waals surface area contributed by atoms with E-state index in [1.54, 1.807) is 36.7 Å². The molecule has 88 valence electrons. The third-order valence-corrected chi connectivity index (χ3v) is 2.78. The van der Waals surface area contributed by atoms with E-state index in [4.69, 9.17) is 16.3 Å². The molecular weight excluding hydrogens is 305 g/mol. The lowest BCUT2D eigenvalue weighted by Crippen LogP contribution is -1.92. The number of rotatable bonds is 3. The van der Waals surface area contributed by atoms with Crippen LogP contribution in [0, 0.1) is 0 Å². The summed E-state index contributed by atoms with van der Waals surface area (Å²) in [5.41, 5.74) is 0.675. The molecule has 2 rings (SSSR count). The minimum Gasteiger partial charge on any atom is -0.455 e. The van der Waals surface area contributed by atoms with Crippen molar-refractivity contribution in [1.82, 2.24) is 4.98 Å². The molecule has 0 aliphatic carbocycles. The van der Waals surface area contributed by atoms with Crippen LogP contribution in [-0.2, 0) is 6.61 Å². The number of benzene rings is 1. The van der Waals surface area contributed by atoms with E-state index in [1.807, 2.05) is 0 Å². The molecule has 1 N–H and O–H groups in total. The van der Waals surface area contributed by atoms with Gasteiger partial charge in [0.1, 0.15) is 11.5 Å². The molecule has 0 bridgehead atoms. The predicted molar refractivity (Wildman–Crippen MR) is 69.4 cm³/mol. The van der Waals surface area contributed by atoms with Gasteiger partial charge in [-0.15, -0.1) is 0 Å². The molecule has 1 heterocycles. The molecule has 0 saturated carbocycles. The Morgan fingerprint density at radius 3 is 2.82 bits per heavy atom. The first-order valence-electron chi connectivity index (χ1n) is 4.87. The van der Waals surface area contributed by atoms with Crippen LogP contribution in [0.15, 0.2) is 41.1 Å².